The fourth-order valence-electron chi connectivity index (χ4n) is 6.63. The molecule has 0 fully saturated rings. The third-order valence-electron chi connectivity index (χ3n) is 10.5. The summed E-state index contributed by atoms with van der Waals surface area (Å²) < 4.78 is 17.4. The highest BCUT2D eigenvalue weighted by Crippen LogP contribution is 2.11. The van der Waals surface area contributed by atoms with Crippen LogP contribution in [0.3, 0.4) is 0 Å². The lowest BCUT2D eigenvalue weighted by Gasteiger charge is -2.18. The highest BCUT2D eigenvalue weighted by Gasteiger charge is 2.17. The maximum atomic E-state index is 12.8. The Bertz CT molecular complexity index is 1520. The molecule has 0 saturated heterocycles. The van der Waals surface area contributed by atoms with E-state index in [0.717, 1.165) is 167 Å². The van der Waals surface area contributed by atoms with Crippen molar-refractivity contribution < 1.29 is 23.8 Å². The maximum Gasteiger partial charge on any atom is 0.306 e. The van der Waals surface area contributed by atoms with E-state index in [4.69, 9.17) is 14.2 Å². The molecular formula is C63H98O5. The molecule has 0 spiro atoms. The lowest BCUT2D eigenvalue weighted by Crippen LogP contribution is -2.30. The fourth-order valence-corrected chi connectivity index (χ4v) is 6.63. The molecule has 0 saturated carbocycles. The average Bonchev–Trinajstić information content (AvgIpc) is 3.34. The number of rotatable bonds is 47. The standard InChI is InChI=1S/C63H98O5/c1-4-7-10-13-16-19-22-25-27-29-31-33-35-37-40-43-46-49-52-55-58-66-59-61(68-63(65)57-54-51-48-45-42-38-24-21-18-15-12-9-6-3)60-67-62(64)56-53-50-47-44-41-39-36-34-32-30-28-26-23-20-17-14-11-8-5-2/h7-12,16-21,25-28,31-34,37-42,61H,4-6,13-15,22-24,29-30,35-36,43-60H2,1-3H3/b10-7-,11-8-,12-9-,19-16-,20-17-,21-18-,27-25-,28-26-,33-31-,34-32-,40-37-,41-39-,42-38-. The first-order chi connectivity index (χ1) is 33.6. The first-order valence-corrected chi connectivity index (χ1v) is 27.0. The van der Waals surface area contributed by atoms with E-state index in [1.165, 1.54) is 0 Å². The van der Waals surface area contributed by atoms with E-state index in [0.29, 0.717) is 19.4 Å². The Hall–Kier alpha value is -4.48. The van der Waals surface area contributed by atoms with Crippen LogP contribution in [0.2, 0.25) is 0 Å². The normalized spacial score (nSPS) is 13.5. The number of allylic oxidation sites excluding steroid dienone is 26. The van der Waals surface area contributed by atoms with Gasteiger partial charge in [0.05, 0.1) is 6.61 Å². The molecule has 68 heavy (non-hydrogen) atoms. The van der Waals surface area contributed by atoms with Crippen molar-refractivity contribution in [3.63, 3.8) is 0 Å². The van der Waals surface area contributed by atoms with Gasteiger partial charge in [-0.3, -0.25) is 9.59 Å². The number of hydrogen-bond acceptors (Lipinski definition) is 5. The summed E-state index contributed by atoms with van der Waals surface area (Å²) in [6, 6.07) is 0. The van der Waals surface area contributed by atoms with Crippen LogP contribution in [0.4, 0.5) is 0 Å². The van der Waals surface area contributed by atoms with E-state index in [-0.39, 0.29) is 25.2 Å². The van der Waals surface area contributed by atoms with Crippen LogP contribution < -0.4 is 0 Å². The maximum absolute atomic E-state index is 12.8. The molecule has 0 aliphatic heterocycles. The minimum Gasteiger partial charge on any atom is -0.462 e. The lowest BCUT2D eigenvalue weighted by molar-refractivity contribution is -0.163. The van der Waals surface area contributed by atoms with E-state index in [1.807, 2.05) is 0 Å². The van der Waals surface area contributed by atoms with Crippen LogP contribution in [0, 0.1) is 0 Å². The second-order valence-electron chi connectivity index (χ2n) is 17.0. The monoisotopic (exact) mass is 935 g/mol. The zero-order valence-electron chi connectivity index (χ0n) is 43.6. The topological polar surface area (TPSA) is 61.8 Å². The molecule has 1 unspecified atom stereocenters. The van der Waals surface area contributed by atoms with Gasteiger partial charge in [-0.2, -0.15) is 0 Å². The summed E-state index contributed by atoms with van der Waals surface area (Å²) in [5.41, 5.74) is 0. The Morgan fingerprint density at radius 3 is 0.971 bits per heavy atom. The summed E-state index contributed by atoms with van der Waals surface area (Å²) in [5.74, 6) is -0.497. The Labute approximate surface area is 418 Å². The predicted octanol–water partition coefficient (Wildman–Crippen LogP) is 18.7. The highest BCUT2D eigenvalue weighted by molar-refractivity contribution is 5.70. The van der Waals surface area contributed by atoms with Gasteiger partial charge in [-0.05, 0) is 141 Å². The van der Waals surface area contributed by atoms with Crippen LogP contribution in [0.5, 0.6) is 0 Å². The smallest absolute Gasteiger partial charge is 0.306 e. The summed E-state index contributed by atoms with van der Waals surface area (Å²) in [5, 5.41) is 0. The van der Waals surface area contributed by atoms with Crippen molar-refractivity contribution in [1.29, 1.82) is 0 Å². The number of hydrogen-bond donors (Lipinski definition) is 0. The zero-order chi connectivity index (χ0) is 49.2. The van der Waals surface area contributed by atoms with E-state index >= 15 is 0 Å². The van der Waals surface area contributed by atoms with Crippen molar-refractivity contribution in [1.82, 2.24) is 0 Å². The molecule has 0 aromatic rings. The van der Waals surface area contributed by atoms with Gasteiger partial charge in [0.1, 0.15) is 6.61 Å². The SMILES string of the molecule is CC/C=C\C/C=C\C/C=C\C/C=C\C/C=C\CCCCCCOCC(COC(=O)CCCCC/C=C\C/C=C\C/C=C\C/C=C\C/C=C\CC)OC(=O)CCCCC/C=C\C/C=C\C/C=C\CC. The number of unbranched alkanes of at least 4 members (excludes halogenated alkanes) is 10. The van der Waals surface area contributed by atoms with Gasteiger partial charge in [0.2, 0.25) is 0 Å². The van der Waals surface area contributed by atoms with Crippen molar-refractivity contribution in [2.75, 3.05) is 19.8 Å². The van der Waals surface area contributed by atoms with Crippen LogP contribution in [0.1, 0.15) is 201 Å². The molecule has 0 heterocycles. The van der Waals surface area contributed by atoms with Gasteiger partial charge in [-0.15, -0.1) is 0 Å². The summed E-state index contributed by atoms with van der Waals surface area (Å²) in [6.07, 6.45) is 84.0. The number of carbonyl (C=O) groups excluding carboxylic acids is 2. The molecule has 1 atom stereocenters. The highest BCUT2D eigenvalue weighted by atomic mass is 16.6. The molecule has 0 amide bonds. The Morgan fingerprint density at radius 1 is 0.324 bits per heavy atom. The number of esters is 2. The minimum atomic E-state index is -0.592. The Kier molecular flexibility index (Phi) is 53.1. The molecule has 0 rings (SSSR count). The Balaban J connectivity index is 4.45. The van der Waals surface area contributed by atoms with E-state index in [2.05, 4.69) is 179 Å². The minimum absolute atomic E-state index is 0.0337. The van der Waals surface area contributed by atoms with Crippen LogP contribution in [0.15, 0.2) is 158 Å². The first kappa shape index (κ1) is 63.5. The zero-order valence-corrected chi connectivity index (χ0v) is 43.6. The van der Waals surface area contributed by atoms with Crippen LogP contribution in [0.25, 0.3) is 0 Å². The molecule has 0 aromatic carbocycles. The molecular weight excluding hydrogens is 837 g/mol. The van der Waals surface area contributed by atoms with Crippen molar-refractivity contribution in [2.45, 2.75) is 207 Å². The van der Waals surface area contributed by atoms with Gasteiger partial charge < -0.3 is 14.2 Å². The van der Waals surface area contributed by atoms with E-state index < -0.39 is 6.10 Å². The van der Waals surface area contributed by atoms with Gasteiger partial charge in [-0.1, -0.05) is 204 Å². The molecule has 5 heteroatoms. The van der Waals surface area contributed by atoms with Gasteiger partial charge in [0, 0.05) is 19.4 Å². The van der Waals surface area contributed by atoms with Crippen LogP contribution in [-0.2, 0) is 23.8 Å². The summed E-state index contributed by atoms with van der Waals surface area (Å²) in [6.45, 7) is 7.33. The third kappa shape index (κ3) is 54.1. The van der Waals surface area contributed by atoms with Gasteiger partial charge in [-0.25, -0.2) is 0 Å². The molecule has 0 aliphatic carbocycles. The largest absolute Gasteiger partial charge is 0.462 e. The molecule has 0 N–H and O–H groups in total. The van der Waals surface area contributed by atoms with Gasteiger partial charge in [0.25, 0.3) is 0 Å². The van der Waals surface area contributed by atoms with Gasteiger partial charge >= 0.3 is 11.9 Å². The van der Waals surface area contributed by atoms with Crippen molar-refractivity contribution in [3.8, 4) is 0 Å². The number of ether oxygens (including phenoxy) is 3. The van der Waals surface area contributed by atoms with Crippen molar-refractivity contribution in [2.24, 2.45) is 0 Å². The lowest BCUT2D eigenvalue weighted by atomic mass is 10.1. The predicted molar refractivity (Wildman–Crippen MR) is 297 cm³/mol. The quantitative estimate of drug-likeness (QED) is 0.0346. The summed E-state index contributed by atoms with van der Waals surface area (Å²) >= 11 is 0. The van der Waals surface area contributed by atoms with E-state index in [9.17, 15) is 9.59 Å². The Morgan fingerprint density at radius 2 is 0.618 bits per heavy atom. The summed E-state index contributed by atoms with van der Waals surface area (Å²) in [7, 11) is 0. The molecule has 0 bridgehead atoms. The molecule has 0 aromatic heterocycles. The molecule has 380 valence electrons. The molecule has 0 radical (unpaired) electrons. The molecule has 0 aliphatic rings. The van der Waals surface area contributed by atoms with Crippen molar-refractivity contribution >= 4 is 11.9 Å². The summed E-state index contributed by atoms with van der Waals surface area (Å²) in [4.78, 5) is 25.4. The molecule has 5 nitrogen and oxygen atoms in total. The van der Waals surface area contributed by atoms with Gasteiger partial charge in [0.15, 0.2) is 6.10 Å². The first-order valence-electron chi connectivity index (χ1n) is 27.0. The second kappa shape index (κ2) is 56.8. The van der Waals surface area contributed by atoms with Crippen molar-refractivity contribution in [3.05, 3.63) is 158 Å². The van der Waals surface area contributed by atoms with Crippen LogP contribution >= 0.6 is 0 Å². The third-order valence-corrected chi connectivity index (χ3v) is 10.5. The average molecular weight is 935 g/mol. The number of carbonyl (C=O) groups is 2. The second-order valence-corrected chi connectivity index (χ2v) is 17.0. The van der Waals surface area contributed by atoms with E-state index in [1.54, 1.807) is 0 Å². The fraction of sp³-hybridized carbons (Fsp3) is 0.556. The van der Waals surface area contributed by atoms with Crippen LogP contribution in [-0.4, -0.2) is 37.9 Å².